The Hall–Kier alpha value is -1.70. The van der Waals surface area contributed by atoms with Crippen LogP contribution < -0.4 is 0 Å². The van der Waals surface area contributed by atoms with Gasteiger partial charge in [0.1, 0.15) is 0 Å². The second-order valence-corrected chi connectivity index (χ2v) is 7.01. The van der Waals surface area contributed by atoms with Crippen molar-refractivity contribution in [1.29, 1.82) is 0 Å². The zero-order chi connectivity index (χ0) is 14.9. The highest BCUT2D eigenvalue weighted by atomic mass is 32.2. The SMILES string of the molecule is O=S(=O)(c1ccc(-c2cn[nH]c2)c(CO)c1)N1CCCC1. The highest BCUT2D eigenvalue weighted by Gasteiger charge is 2.27. The van der Waals surface area contributed by atoms with Gasteiger partial charge in [-0.3, -0.25) is 5.10 Å². The minimum Gasteiger partial charge on any atom is -0.392 e. The van der Waals surface area contributed by atoms with Gasteiger partial charge in [-0.25, -0.2) is 8.42 Å². The summed E-state index contributed by atoms with van der Waals surface area (Å²) < 4.78 is 26.6. The van der Waals surface area contributed by atoms with Crippen molar-refractivity contribution in [3.8, 4) is 11.1 Å². The first-order valence-electron chi connectivity index (χ1n) is 6.86. The van der Waals surface area contributed by atoms with Crippen LogP contribution in [0.5, 0.6) is 0 Å². The van der Waals surface area contributed by atoms with Gasteiger partial charge in [-0.15, -0.1) is 0 Å². The molecule has 0 unspecified atom stereocenters. The third-order valence-corrected chi connectivity index (χ3v) is 5.65. The number of sulfonamides is 1. The molecule has 1 aromatic heterocycles. The molecule has 2 heterocycles. The Labute approximate surface area is 123 Å². The zero-order valence-corrected chi connectivity index (χ0v) is 12.3. The number of rotatable bonds is 4. The molecule has 1 aromatic carbocycles. The van der Waals surface area contributed by atoms with Gasteiger partial charge in [-0.1, -0.05) is 6.07 Å². The summed E-state index contributed by atoms with van der Waals surface area (Å²) in [6.07, 6.45) is 5.16. The molecule has 0 saturated carbocycles. The summed E-state index contributed by atoms with van der Waals surface area (Å²) in [5.41, 5.74) is 2.19. The van der Waals surface area contributed by atoms with Gasteiger partial charge in [0.15, 0.2) is 0 Å². The number of H-pyrrole nitrogens is 1. The number of hydrogen-bond donors (Lipinski definition) is 2. The van der Waals surface area contributed by atoms with E-state index in [9.17, 15) is 13.5 Å². The maximum Gasteiger partial charge on any atom is 0.243 e. The molecule has 0 amide bonds. The average molecular weight is 307 g/mol. The van der Waals surface area contributed by atoms with Gasteiger partial charge < -0.3 is 5.11 Å². The molecule has 0 radical (unpaired) electrons. The molecule has 1 aliphatic rings. The summed E-state index contributed by atoms with van der Waals surface area (Å²) in [4.78, 5) is 0.237. The van der Waals surface area contributed by atoms with Crippen molar-refractivity contribution < 1.29 is 13.5 Å². The third-order valence-electron chi connectivity index (χ3n) is 3.76. The van der Waals surface area contributed by atoms with Gasteiger partial charge in [0.25, 0.3) is 0 Å². The van der Waals surface area contributed by atoms with Gasteiger partial charge in [-0.05, 0) is 36.1 Å². The molecule has 0 atom stereocenters. The van der Waals surface area contributed by atoms with Gasteiger partial charge in [-0.2, -0.15) is 9.40 Å². The molecule has 112 valence electrons. The summed E-state index contributed by atoms with van der Waals surface area (Å²) in [5.74, 6) is 0. The second kappa shape index (κ2) is 5.59. The fourth-order valence-corrected chi connectivity index (χ4v) is 4.19. The molecule has 1 saturated heterocycles. The predicted octanol–water partition coefficient (Wildman–Crippen LogP) is 1.35. The molecule has 6 nitrogen and oxygen atoms in total. The fraction of sp³-hybridized carbons (Fsp3) is 0.357. The molecule has 21 heavy (non-hydrogen) atoms. The summed E-state index contributed by atoms with van der Waals surface area (Å²) >= 11 is 0. The number of benzene rings is 1. The first kappa shape index (κ1) is 14.2. The second-order valence-electron chi connectivity index (χ2n) is 5.08. The average Bonchev–Trinajstić information content (AvgIpc) is 3.19. The van der Waals surface area contributed by atoms with Crippen molar-refractivity contribution in [2.75, 3.05) is 13.1 Å². The Balaban J connectivity index is 2.02. The lowest BCUT2D eigenvalue weighted by Gasteiger charge is -2.17. The quantitative estimate of drug-likeness (QED) is 0.893. The van der Waals surface area contributed by atoms with Crippen LogP contribution in [-0.2, 0) is 16.6 Å². The van der Waals surface area contributed by atoms with Crippen LogP contribution in [0.15, 0.2) is 35.5 Å². The third kappa shape index (κ3) is 2.59. The molecule has 2 aromatic rings. The van der Waals surface area contributed by atoms with E-state index in [2.05, 4.69) is 10.2 Å². The zero-order valence-electron chi connectivity index (χ0n) is 11.5. The highest BCUT2D eigenvalue weighted by molar-refractivity contribution is 7.89. The van der Waals surface area contributed by atoms with Crippen LogP contribution in [0, 0.1) is 0 Å². The molecule has 0 spiro atoms. The van der Waals surface area contributed by atoms with Crippen molar-refractivity contribution in [1.82, 2.24) is 14.5 Å². The van der Waals surface area contributed by atoms with Crippen molar-refractivity contribution in [2.24, 2.45) is 0 Å². The van der Waals surface area contributed by atoms with Crippen LogP contribution in [0.25, 0.3) is 11.1 Å². The first-order chi connectivity index (χ1) is 10.1. The van der Waals surface area contributed by atoms with Gasteiger partial charge in [0.2, 0.25) is 10.0 Å². The normalized spacial score (nSPS) is 16.4. The molecular weight excluding hydrogens is 290 g/mol. The lowest BCUT2D eigenvalue weighted by molar-refractivity contribution is 0.282. The number of hydrogen-bond acceptors (Lipinski definition) is 4. The molecule has 0 bridgehead atoms. The summed E-state index contributed by atoms with van der Waals surface area (Å²) in [7, 11) is -3.46. The molecule has 2 N–H and O–H groups in total. The van der Waals surface area contributed by atoms with E-state index in [1.165, 1.54) is 4.31 Å². The molecule has 1 fully saturated rings. The first-order valence-corrected chi connectivity index (χ1v) is 8.30. The van der Waals surface area contributed by atoms with Crippen LogP contribution >= 0.6 is 0 Å². The Morgan fingerprint density at radius 1 is 1.29 bits per heavy atom. The minimum atomic E-state index is -3.46. The van der Waals surface area contributed by atoms with E-state index < -0.39 is 10.0 Å². The molecule has 0 aliphatic carbocycles. The monoisotopic (exact) mass is 307 g/mol. The largest absolute Gasteiger partial charge is 0.392 e. The topological polar surface area (TPSA) is 86.3 Å². The Morgan fingerprint density at radius 2 is 2.05 bits per heavy atom. The predicted molar refractivity (Wildman–Crippen MR) is 77.9 cm³/mol. The Bertz CT molecular complexity index is 720. The van der Waals surface area contributed by atoms with E-state index in [1.807, 2.05) is 0 Å². The molecular formula is C14H17N3O3S. The lowest BCUT2D eigenvalue weighted by atomic mass is 10.0. The maximum atomic E-state index is 12.5. The van der Waals surface area contributed by atoms with Gasteiger partial charge in [0, 0.05) is 24.8 Å². The summed E-state index contributed by atoms with van der Waals surface area (Å²) in [5, 5.41) is 16.1. The lowest BCUT2D eigenvalue weighted by Crippen LogP contribution is -2.27. The fourth-order valence-electron chi connectivity index (χ4n) is 2.62. The Morgan fingerprint density at radius 3 is 2.67 bits per heavy atom. The molecule has 3 rings (SSSR count). The number of aliphatic hydroxyl groups excluding tert-OH is 1. The van der Waals surface area contributed by atoms with Crippen molar-refractivity contribution in [3.63, 3.8) is 0 Å². The summed E-state index contributed by atoms with van der Waals surface area (Å²) in [6, 6.07) is 4.87. The van der Waals surface area contributed by atoms with Crippen molar-refractivity contribution in [2.45, 2.75) is 24.3 Å². The number of nitrogens with zero attached hydrogens (tertiary/aromatic N) is 2. The highest BCUT2D eigenvalue weighted by Crippen LogP contribution is 2.28. The minimum absolute atomic E-state index is 0.218. The standard InChI is InChI=1S/C14H17N3O3S/c18-10-11-7-13(21(19,20)17-5-1-2-6-17)3-4-14(11)12-8-15-16-9-12/h3-4,7-9,18H,1-2,5-6,10H2,(H,15,16). The van der Waals surface area contributed by atoms with E-state index >= 15 is 0 Å². The van der Waals surface area contributed by atoms with E-state index in [0.717, 1.165) is 24.0 Å². The van der Waals surface area contributed by atoms with Crippen LogP contribution in [0.1, 0.15) is 18.4 Å². The van der Waals surface area contributed by atoms with Gasteiger partial charge in [0.05, 0.1) is 17.7 Å². The Kier molecular flexibility index (Phi) is 3.79. The summed E-state index contributed by atoms with van der Waals surface area (Å²) in [6.45, 7) is 0.921. The van der Waals surface area contributed by atoms with E-state index in [4.69, 9.17) is 0 Å². The smallest absolute Gasteiger partial charge is 0.243 e. The van der Waals surface area contributed by atoms with Crippen molar-refractivity contribution in [3.05, 3.63) is 36.2 Å². The number of nitrogens with one attached hydrogen (secondary N) is 1. The van der Waals surface area contributed by atoms with E-state index in [-0.39, 0.29) is 11.5 Å². The number of aliphatic hydroxyl groups is 1. The van der Waals surface area contributed by atoms with Crippen LogP contribution in [0.2, 0.25) is 0 Å². The molecule has 1 aliphatic heterocycles. The van der Waals surface area contributed by atoms with E-state index in [1.54, 1.807) is 30.6 Å². The van der Waals surface area contributed by atoms with Crippen LogP contribution in [0.3, 0.4) is 0 Å². The van der Waals surface area contributed by atoms with Crippen LogP contribution in [-0.4, -0.2) is 41.1 Å². The maximum absolute atomic E-state index is 12.5. The van der Waals surface area contributed by atoms with Crippen molar-refractivity contribution >= 4 is 10.0 Å². The van der Waals surface area contributed by atoms with Crippen LogP contribution in [0.4, 0.5) is 0 Å². The number of aromatic nitrogens is 2. The van der Waals surface area contributed by atoms with E-state index in [0.29, 0.717) is 18.7 Å². The van der Waals surface area contributed by atoms with Gasteiger partial charge >= 0.3 is 0 Å². The number of aromatic amines is 1. The molecule has 7 heteroatoms.